The molecule has 0 heterocycles. The van der Waals surface area contributed by atoms with Gasteiger partial charge in [-0.2, -0.15) is 5.10 Å². The van der Waals surface area contributed by atoms with Gasteiger partial charge >= 0.3 is 5.97 Å². The van der Waals surface area contributed by atoms with E-state index in [1.165, 1.54) is 0 Å². The van der Waals surface area contributed by atoms with Crippen LogP contribution in [0.5, 0.6) is 0 Å². The largest absolute Gasteiger partial charge is 0.461 e. The van der Waals surface area contributed by atoms with E-state index in [0.717, 1.165) is 11.1 Å². The van der Waals surface area contributed by atoms with Crippen LogP contribution in [0.1, 0.15) is 30.6 Å². The first-order chi connectivity index (χ1) is 12.6. The van der Waals surface area contributed by atoms with Crippen molar-refractivity contribution in [1.29, 1.82) is 0 Å². The monoisotopic (exact) mass is 352 g/mol. The van der Waals surface area contributed by atoms with Gasteiger partial charge in [-0.25, -0.2) is 4.79 Å². The van der Waals surface area contributed by atoms with Crippen LogP contribution in [0, 0.1) is 0 Å². The maximum absolute atomic E-state index is 12.2. The van der Waals surface area contributed by atoms with Crippen molar-refractivity contribution in [2.75, 3.05) is 6.61 Å². The number of hydrazone groups is 1. The number of hydrogen-bond acceptors (Lipinski definition) is 5. The lowest BCUT2D eigenvalue weighted by Gasteiger charge is -2.15. The second kappa shape index (κ2) is 10.2. The number of hydrogen-bond donors (Lipinski definition) is 2. The molecule has 0 saturated heterocycles. The number of ether oxygens (including phenoxy) is 1. The smallest absolute Gasteiger partial charge is 0.354 e. The van der Waals surface area contributed by atoms with Gasteiger partial charge in [-0.05, 0) is 23.6 Å². The molecule has 0 spiro atoms. The van der Waals surface area contributed by atoms with E-state index in [2.05, 4.69) is 17.1 Å². The summed E-state index contributed by atoms with van der Waals surface area (Å²) in [6, 6.07) is 18.9. The zero-order valence-corrected chi connectivity index (χ0v) is 14.9. The van der Waals surface area contributed by atoms with Crippen molar-refractivity contribution in [2.24, 2.45) is 5.10 Å². The van der Waals surface area contributed by atoms with Crippen molar-refractivity contribution < 1.29 is 14.6 Å². The zero-order valence-electron chi connectivity index (χ0n) is 14.9. The lowest BCUT2D eigenvalue weighted by atomic mass is 9.98. The Bertz CT molecular complexity index is 742. The summed E-state index contributed by atoms with van der Waals surface area (Å²) in [5.41, 5.74) is 5.31. The minimum atomic E-state index is -0.870. The van der Waals surface area contributed by atoms with Crippen LogP contribution in [-0.2, 0) is 16.1 Å². The van der Waals surface area contributed by atoms with Gasteiger partial charge in [0.15, 0.2) is 0 Å². The van der Waals surface area contributed by atoms with Crippen LogP contribution in [0.3, 0.4) is 0 Å². The second-order valence-electron chi connectivity index (χ2n) is 5.75. The summed E-state index contributed by atoms with van der Waals surface area (Å²) in [7, 11) is 0. The molecule has 2 rings (SSSR count). The van der Waals surface area contributed by atoms with E-state index in [4.69, 9.17) is 4.74 Å². The highest BCUT2D eigenvalue weighted by molar-refractivity contribution is 6.36. The molecule has 0 aliphatic rings. The summed E-state index contributed by atoms with van der Waals surface area (Å²) >= 11 is 0. The van der Waals surface area contributed by atoms with Crippen LogP contribution in [-0.4, -0.2) is 23.4 Å². The van der Waals surface area contributed by atoms with E-state index < -0.39 is 12.1 Å². The average molecular weight is 352 g/mol. The molecule has 0 bridgehead atoms. The van der Waals surface area contributed by atoms with Gasteiger partial charge in [0.05, 0.1) is 13.2 Å². The topological polar surface area (TPSA) is 70.9 Å². The molecule has 2 aromatic rings. The van der Waals surface area contributed by atoms with Crippen molar-refractivity contribution in [2.45, 2.75) is 26.0 Å². The summed E-state index contributed by atoms with van der Waals surface area (Å²) in [5, 5.41) is 14.6. The Morgan fingerprint density at radius 1 is 1.15 bits per heavy atom. The Morgan fingerprint density at radius 2 is 1.77 bits per heavy atom. The summed E-state index contributed by atoms with van der Waals surface area (Å²) < 4.78 is 5.06. The van der Waals surface area contributed by atoms with Gasteiger partial charge in [-0.15, -0.1) is 0 Å². The predicted octanol–water partition coefficient (Wildman–Crippen LogP) is 3.38. The molecule has 0 fully saturated rings. The number of aliphatic hydroxyl groups is 1. The third-order valence-electron chi connectivity index (χ3n) is 3.75. The normalized spacial score (nSPS) is 12.3. The second-order valence-corrected chi connectivity index (χ2v) is 5.75. The Kier molecular flexibility index (Phi) is 7.58. The van der Waals surface area contributed by atoms with Crippen molar-refractivity contribution in [3.05, 3.63) is 83.9 Å². The number of carbonyl (C=O) groups is 1. The Labute approximate surface area is 154 Å². The van der Waals surface area contributed by atoms with E-state index in [1.807, 2.05) is 60.7 Å². The summed E-state index contributed by atoms with van der Waals surface area (Å²) in [6.45, 7) is 6.39. The number of carbonyl (C=O) groups excluding carboxylic acids is 1. The molecular formula is C21H24N2O3. The lowest BCUT2D eigenvalue weighted by molar-refractivity contribution is -0.135. The van der Waals surface area contributed by atoms with E-state index in [-0.39, 0.29) is 18.7 Å². The summed E-state index contributed by atoms with van der Waals surface area (Å²) in [6.07, 6.45) is -0.749. The van der Waals surface area contributed by atoms with Crippen molar-refractivity contribution in [3.8, 4) is 0 Å². The van der Waals surface area contributed by atoms with Gasteiger partial charge in [0.1, 0.15) is 11.8 Å². The summed E-state index contributed by atoms with van der Waals surface area (Å²) in [4.78, 5) is 12.2. The predicted molar refractivity (Wildman–Crippen MR) is 103 cm³/mol. The van der Waals surface area contributed by atoms with Gasteiger partial charge in [0.2, 0.25) is 0 Å². The number of benzene rings is 2. The Hall–Kier alpha value is -2.92. The molecule has 136 valence electrons. The molecule has 0 aromatic heterocycles. The van der Waals surface area contributed by atoms with Gasteiger partial charge in [-0.3, -0.25) is 0 Å². The minimum Gasteiger partial charge on any atom is -0.461 e. The third kappa shape index (κ3) is 5.86. The van der Waals surface area contributed by atoms with Gasteiger partial charge in [-0.1, -0.05) is 67.2 Å². The average Bonchev–Trinajstić information content (AvgIpc) is 2.68. The lowest BCUT2D eigenvalue weighted by Crippen LogP contribution is -2.23. The van der Waals surface area contributed by atoms with E-state index >= 15 is 0 Å². The maximum atomic E-state index is 12.2. The van der Waals surface area contributed by atoms with Gasteiger partial charge in [0.25, 0.3) is 0 Å². The number of aliphatic hydroxyl groups excluding tert-OH is 1. The first-order valence-electron chi connectivity index (χ1n) is 8.53. The first kappa shape index (κ1) is 19.4. The quantitative estimate of drug-likeness (QED) is 0.314. The molecule has 2 N–H and O–H groups in total. The van der Waals surface area contributed by atoms with Crippen LogP contribution in [0.2, 0.25) is 0 Å². The number of esters is 1. The molecule has 0 aliphatic carbocycles. The van der Waals surface area contributed by atoms with Crippen LogP contribution in [0.4, 0.5) is 0 Å². The number of rotatable bonds is 9. The standard InChI is InChI=1S/C21H24N2O3/c1-3-26-21(25)19(23-22-15-17-10-6-4-7-11-17)14-16(2)20(24)18-12-8-5-9-13-18/h4-13,20,22,24H,2-3,14-15H2,1H3/b23-19+. The molecule has 1 unspecified atom stereocenters. The molecule has 26 heavy (non-hydrogen) atoms. The van der Waals surface area contributed by atoms with E-state index in [0.29, 0.717) is 12.1 Å². The fourth-order valence-electron chi connectivity index (χ4n) is 2.38. The van der Waals surface area contributed by atoms with Crippen molar-refractivity contribution in [1.82, 2.24) is 5.43 Å². The van der Waals surface area contributed by atoms with Crippen molar-refractivity contribution in [3.63, 3.8) is 0 Å². The highest BCUT2D eigenvalue weighted by Gasteiger charge is 2.19. The molecule has 0 amide bonds. The van der Waals surface area contributed by atoms with Crippen molar-refractivity contribution >= 4 is 11.7 Å². The zero-order chi connectivity index (χ0) is 18.8. The molecule has 5 heteroatoms. The van der Waals surface area contributed by atoms with Crippen LogP contribution in [0.15, 0.2) is 77.9 Å². The molecule has 5 nitrogen and oxygen atoms in total. The maximum Gasteiger partial charge on any atom is 0.354 e. The number of nitrogens with one attached hydrogen (secondary N) is 1. The number of nitrogens with zero attached hydrogens (tertiary/aromatic N) is 1. The third-order valence-corrected chi connectivity index (χ3v) is 3.75. The summed E-state index contributed by atoms with van der Waals surface area (Å²) in [5.74, 6) is -0.519. The van der Waals surface area contributed by atoms with Gasteiger partial charge in [0, 0.05) is 6.42 Å². The van der Waals surface area contributed by atoms with Crippen LogP contribution < -0.4 is 5.43 Å². The molecule has 0 radical (unpaired) electrons. The Balaban J connectivity index is 2.05. The molecule has 0 aliphatic heterocycles. The minimum absolute atomic E-state index is 0.122. The van der Waals surface area contributed by atoms with Gasteiger partial charge < -0.3 is 15.3 Å². The fraction of sp³-hybridized carbons (Fsp3) is 0.238. The molecule has 2 aromatic carbocycles. The highest BCUT2D eigenvalue weighted by Crippen LogP contribution is 2.22. The first-order valence-corrected chi connectivity index (χ1v) is 8.53. The van der Waals surface area contributed by atoms with E-state index in [1.54, 1.807) is 6.92 Å². The molecule has 1 atom stereocenters. The van der Waals surface area contributed by atoms with Crippen LogP contribution in [0.25, 0.3) is 0 Å². The highest BCUT2D eigenvalue weighted by atomic mass is 16.5. The van der Waals surface area contributed by atoms with Crippen LogP contribution >= 0.6 is 0 Å². The fourth-order valence-corrected chi connectivity index (χ4v) is 2.38. The van der Waals surface area contributed by atoms with E-state index in [9.17, 15) is 9.90 Å². The Morgan fingerprint density at radius 3 is 2.38 bits per heavy atom. The SMILES string of the molecule is C=C(C/C(=N\NCc1ccccc1)C(=O)OCC)C(O)c1ccccc1. The molecular weight excluding hydrogens is 328 g/mol. The molecule has 0 saturated carbocycles.